The van der Waals surface area contributed by atoms with Crippen LogP contribution in [0.1, 0.15) is 6.42 Å². The van der Waals surface area contributed by atoms with E-state index in [9.17, 15) is 0 Å². The molecule has 1 fully saturated rings. The summed E-state index contributed by atoms with van der Waals surface area (Å²) in [5.41, 5.74) is 1.18. The molecule has 3 heteroatoms. The molecule has 2 rings (SSSR count). The van der Waals surface area contributed by atoms with E-state index < -0.39 is 0 Å². The summed E-state index contributed by atoms with van der Waals surface area (Å²) in [7, 11) is 0. The highest BCUT2D eigenvalue weighted by Crippen LogP contribution is 2.04. The zero-order valence-electron chi connectivity index (χ0n) is 8.91. The van der Waals surface area contributed by atoms with E-state index in [1.807, 2.05) is 18.2 Å². The van der Waals surface area contributed by atoms with Gasteiger partial charge in [0.05, 0.1) is 6.61 Å². The van der Waals surface area contributed by atoms with Crippen molar-refractivity contribution in [3.8, 4) is 0 Å². The van der Waals surface area contributed by atoms with Crippen molar-refractivity contribution in [1.29, 1.82) is 0 Å². The molecule has 1 heterocycles. The third-order valence-corrected chi connectivity index (χ3v) is 2.59. The molecule has 1 aliphatic rings. The number of rotatable bonds is 5. The fraction of sp³-hybridized carbons (Fsp3) is 0.500. The average Bonchev–Trinajstić information content (AvgIpc) is 2.79. The van der Waals surface area contributed by atoms with Gasteiger partial charge in [0, 0.05) is 31.4 Å². The van der Waals surface area contributed by atoms with Crippen LogP contribution in [0.4, 0.5) is 5.69 Å². The Balaban J connectivity index is 1.59. The molecule has 82 valence electrons. The lowest BCUT2D eigenvalue weighted by Crippen LogP contribution is -2.33. The molecule has 3 nitrogen and oxygen atoms in total. The number of hydrogen-bond donors (Lipinski definition) is 2. The van der Waals surface area contributed by atoms with Crippen LogP contribution in [0.25, 0.3) is 0 Å². The van der Waals surface area contributed by atoms with E-state index in [1.54, 1.807) is 0 Å². The van der Waals surface area contributed by atoms with Crippen LogP contribution in [0.3, 0.4) is 0 Å². The summed E-state index contributed by atoms with van der Waals surface area (Å²) in [4.78, 5) is 0. The Kier molecular flexibility index (Phi) is 4.00. The van der Waals surface area contributed by atoms with Gasteiger partial charge in [0.1, 0.15) is 0 Å². The van der Waals surface area contributed by atoms with Crippen LogP contribution in [0.15, 0.2) is 30.3 Å². The van der Waals surface area contributed by atoms with Gasteiger partial charge in [-0.2, -0.15) is 0 Å². The average molecular weight is 206 g/mol. The summed E-state index contributed by atoms with van der Waals surface area (Å²) < 4.78 is 5.29. The number of ether oxygens (including phenoxy) is 1. The first-order valence-corrected chi connectivity index (χ1v) is 5.55. The van der Waals surface area contributed by atoms with E-state index in [2.05, 4.69) is 22.8 Å². The molecule has 1 saturated heterocycles. The van der Waals surface area contributed by atoms with Crippen LogP contribution in [0.5, 0.6) is 0 Å². The molecular weight excluding hydrogens is 188 g/mol. The Morgan fingerprint density at radius 1 is 1.20 bits per heavy atom. The first-order valence-electron chi connectivity index (χ1n) is 5.55. The first-order chi connectivity index (χ1) is 7.45. The molecular formula is C12H18N2O. The molecule has 0 spiro atoms. The second kappa shape index (κ2) is 5.73. The molecule has 1 aliphatic heterocycles. The molecule has 0 radical (unpaired) electrons. The van der Waals surface area contributed by atoms with Gasteiger partial charge in [-0.3, -0.25) is 0 Å². The molecule has 1 aromatic carbocycles. The minimum atomic E-state index is 0.558. The van der Waals surface area contributed by atoms with E-state index in [-0.39, 0.29) is 0 Å². The van der Waals surface area contributed by atoms with Crippen molar-refractivity contribution in [1.82, 2.24) is 5.32 Å². The van der Waals surface area contributed by atoms with E-state index >= 15 is 0 Å². The lowest BCUT2D eigenvalue weighted by molar-refractivity contribution is 0.190. The fourth-order valence-corrected chi connectivity index (χ4v) is 1.73. The lowest BCUT2D eigenvalue weighted by atomic mass is 10.2. The predicted molar refractivity (Wildman–Crippen MR) is 62.2 cm³/mol. The maximum atomic E-state index is 5.29. The van der Waals surface area contributed by atoms with Crippen molar-refractivity contribution in [2.24, 2.45) is 0 Å². The molecule has 1 atom stereocenters. The maximum absolute atomic E-state index is 5.29. The highest BCUT2D eigenvalue weighted by atomic mass is 16.5. The van der Waals surface area contributed by atoms with Crippen LogP contribution in [0, 0.1) is 0 Å². The van der Waals surface area contributed by atoms with Crippen molar-refractivity contribution in [2.45, 2.75) is 12.5 Å². The van der Waals surface area contributed by atoms with Crippen LogP contribution in [-0.4, -0.2) is 32.3 Å². The SMILES string of the molecule is c1ccc(NCCNC2CCOC2)cc1. The number of hydrogen-bond acceptors (Lipinski definition) is 3. The Labute approximate surface area is 90.8 Å². The number of nitrogens with one attached hydrogen (secondary N) is 2. The zero-order chi connectivity index (χ0) is 10.3. The molecule has 0 bridgehead atoms. The minimum Gasteiger partial charge on any atom is -0.384 e. The third-order valence-electron chi connectivity index (χ3n) is 2.59. The van der Waals surface area contributed by atoms with Crippen molar-refractivity contribution < 1.29 is 4.74 Å². The third kappa shape index (κ3) is 3.53. The maximum Gasteiger partial charge on any atom is 0.0620 e. The molecule has 0 amide bonds. The Bertz CT molecular complexity index is 270. The summed E-state index contributed by atoms with van der Waals surface area (Å²) in [5.74, 6) is 0. The smallest absolute Gasteiger partial charge is 0.0620 e. The number of anilines is 1. The summed E-state index contributed by atoms with van der Waals surface area (Å²) in [6.07, 6.45) is 1.14. The molecule has 0 saturated carbocycles. The van der Waals surface area contributed by atoms with Crippen LogP contribution >= 0.6 is 0 Å². The Hall–Kier alpha value is -1.06. The molecule has 15 heavy (non-hydrogen) atoms. The summed E-state index contributed by atoms with van der Waals surface area (Å²) in [5, 5.41) is 6.83. The van der Waals surface area contributed by atoms with Crippen molar-refractivity contribution in [2.75, 3.05) is 31.6 Å². The molecule has 0 aromatic heterocycles. The van der Waals surface area contributed by atoms with Crippen LogP contribution in [0.2, 0.25) is 0 Å². The van der Waals surface area contributed by atoms with Gasteiger partial charge >= 0.3 is 0 Å². The number of para-hydroxylation sites is 1. The Morgan fingerprint density at radius 3 is 2.80 bits per heavy atom. The second-order valence-corrected chi connectivity index (χ2v) is 3.81. The fourth-order valence-electron chi connectivity index (χ4n) is 1.73. The van der Waals surface area contributed by atoms with Gasteiger partial charge in [0.25, 0.3) is 0 Å². The van der Waals surface area contributed by atoms with Gasteiger partial charge in [0.2, 0.25) is 0 Å². The van der Waals surface area contributed by atoms with Gasteiger partial charge in [-0.15, -0.1) is 0 Å². The summed E-state index contributed by atoms with van der Waals surface area (Å²) in [6.45, 7) is 3.72. The molecule has 1 unspecified atom stereocenters. The van der Waals surface area contributed by atoms with Crippen LogP contribution < -0.4 is 10.6 Å². The van der Waals surface area contributed by atoms with Gasteiger partial charge in [0.15, 0.2) is 0 Å². The summed E-state index contributed by atoms with van der Waals surface area (Å²) >= 11 is 0. The van der Waals surface area contributed by atoms with Gasteiger partial charge < -0.3 is 15.4 Å². The lowest BCUT2D eigenvalue weighted by Gasteiger charge is -2.11. The molecule has 2 N–H and O–H groups in total. The second-order valence-electron chi connectivity index (χ2n) is 3.81. The topological polar surface area (TPSA) is 33.3 Å². The predicted octanol–water partition coefficient (Wildman–Crippen LogP) is 1.48. The minimum absolute atomic E-state index is 0.558. The van der Waals surface area contributed by atoms with Crippen molar-refractivity contribution in [3.63, 3.8) is 0 Å². The Morgan fingerprint density at radius 2 is 2.07 bits per heavy atom. The largest absolute Gasteiger partial charge is 0.384 e. The molecule has 0 aliphatic carbocycles. The van der Waals surface area contributed by atoms with Crippen LogP contribution in [-0.2, 0) is 4.74 Å². The normalized spacial score (nSPS) is 20.4. The van der Waals surface area contributed by atoms with Gasteiger partial charge in [-0.05, 0) is 18.6 Å². The quantitative estimate of drug-likeness (QED) is 0.716. The number of benzene rings is 1. The zero-order valence-corrected chi connectivity index (χ0v) is 8.91. The van der Waals surface area contributed by atoms with E-state index in [4.69, 9.17) is 4.74 Å². The standard InChI is InChI=1S/C12H18N2O/c1-2-4-11(5-3-1)13-7-8-14-12-6-9-15-10-12/h1-5,12-14H,6-10H2. The summed E-state index contributed by atoms with van der Waals surface area (Å²) in [6, 6.07) is 10.8. The monoisotopic (exact) mass is 206 g/mol. The van der Waals surface area contributed by atoms with Crippen molar-refractivity contribution >= 4 is 5.69 Å². The first kappa shape index (κ1) is 10.5. The van der Waals surface area contributed by atoms with E-state index in [0.29, 0.717) is 6.04 Å². The van der Waals surface area contributed by atoms with E-state index in [0.717, 1.165) is 32.7 Å². The van der Waals surface area contributed by atoms with Gasteiger partial charge in [-0.1, -0.05) is 18.2 Å². The van der Waals surface area contributed by atoms with Gasteiger partial charge in [-0.25, -0.2) is 0 Å². The van der Waals surface area contributed by atoms with Crippen molar-refractivity contribution in [3.05, 3.63) is 30.3 Å². The molecule has 1 aromatic rings. The highest BCUT2D eigenvalue weighted by Gasteiger charge is 2.13. The van der Waals surface area contributed by atoms with E-state index in [1.165, 1.54) is 5.69 Å². The highest BCUT2D eigenvalue weighted by molar-refractivity contribution is 5.42.